The van der Waals surface area contributed by atoms with Crippen molar-refractivity contribution in [2.24, 2.45) is 0 Å². The van der Waals surface area contributed by atoms with Crippen LogP contribution in [0.2, 0.25) is 0 Å². The summed E-state index contributed by atoms with van der Waals surface area (Å²) in [5.41, 5.74) is 0.186. The summed E-state index contributed by atoms with van der Waals surface area (Å²) in [6, 6.07) is 1.45. The molecule has 7 heteroatoms. The van der Waals surface area contributed by atoms with Crippen molar-refractivity contribution in [2.75, 3.05) is 45.4 Å². The minimum Gasteiger partial charge on any atom is -0.481 e. The Kier molecular flexibility index (Phi) is 3.93. The number of morpholine rings is 1. The zero-order chi connectivity index (χ0) is 13.0. The maximum atomic E-state index is 11.5. The molecule has 1 aromatic heterocycles. The Bertz CT molecular complexity index is 432. The Morgan fingerprint density at radius 3 is 2.67 bits per heavy atom. The van der Waals surface area contributed by atoms with Crippen molar-refractivity contribution in [1.29, 1.82) is 0 Å². The van der Waals surface area contributed by atoms with Crippen molar-refractivity contribution in [1.82, 2.24) is 9.97 Å². The number of rotatable bonds is 3. The minimum atomic E-state index is -0.509. The van der Waals surface area contributed by atoms with Crippen LogP contribution in [0.1, 0.15) is 10.5 Å². The van der Waals surface area contributed by atoms with Gasteiger partial charge < -0.3 is 19.1 Å². The van der Waals surface area contributed by atoms with Crippen molar-refractivity contribution in [3.05, 3.63) is 11.8 Å². The van der Waals surface area contributed by atoms with Crippen LogP contribution in [0.25, 0.3) is 0 Å². The van der Waals surface area contributed by atoms with Crippen LogP contribution in [0, 0.1) is 0 Å². The highest BCUT2D eigenvalue weighted by Crippen LogP contribution is 2.17. The molecule has 0 unspecified atom stereocenters. The molecule has 2 rings (SSSR count). The summed E-state index contributed by atoms with van der Waals surface area (Å²) in [5, 5.41) is 0. The van der Waals surface area contributed by atoms with E-state index in [1.54, 1.807) is 0 Å². The molecule has 0 atom stereocenters. The number of esters is 1. The van der Waals surface area contributed by atoms with Crippen molar-refractivity contribution in [2.45, 2.75) is 0 Å². The monoisotopic (exact) mass is 253 g/mol. The van der Waals surface area contributed by atoms with Gasteiger partial charge in [-0.25, -0.2) is 9.78 Å². The molecule has 1 aliphatic rings. The maximum absolute atomic E-state index is 11.5. The van der Waals surface area contributed by atoms with Crippen LogP contribution in [0.4, 0.5) is 5.95 Å². The SMILES string of the molecule is COC(=O)c1cc(OC)nc(N2CCOCC2)n1. The lowest BCUT2D eigenvalue weighted by atomic mass is 10.4. The van der Waals surface area contributed by atoms with Crippen LogP contribution in [0.3, 0.4) is 0 Å². The summed E-state index contributed by atoms with van der Waals surface area (Å²) in [4.78, 5) is 21.9. The van der Waals surface area contributed by atoms with Gasteiger partial charge >= 0.3 is 5.97 Å². The first-order valence-corrected chi connectivity index (χ1v) is 5.58. The molecule has 7 nitrogen and oxygen atoms in total. The van der Waals surface area contributed by atoms with E-state index in [1.165, 1.54) is 20.3 Å². The molecule has 1 saturated heterocycles. The molecule has 0 N–H and O–H groups in total. The second kappa shape index (κ2) is 5.63. The third-order valence-corrected chi connectivity index (χ3v) is 2.59. The Balaban J connectivity index is 2.30. The van der Waals surface area contributed by atoms with E-state index in [0.29, 0.717) is 38.1 Å². The minimum absolute atomic E-state index is 0.186. The number of nitrogens with zero attached hydrogens (tertiary/aromatic N) is 3. The number of carbonyl (C=O) groups is 1. The predicted molar refractivity (Wildman–Crippen MR) is 63.0 cm³/mol. The number of aromatic nitrogens is 2. The molecule has 0 amide bonds. The molecule has 2 heterocycles. The molecule has 1 aliphatic heterocycles. The molecular weight excluding hydrogens is 238 g/mol. The Labute approximate surface area is 105 Å². The van der Waals surface area contributed by atoms with E-state index in [0.717, 1.165) is 0 Å². The van der Waals surface area contributed by atoms with Gasteiger partial charge in [-0.2, -0.15) is 4.98 Å². The molecule has 0 aromatic carbocycles. The molecule has 18 heavy (non-hydrogen) atoms. The highest BCUT2D eigenvalue weighted by Gasteiger charge is 2.18. The van der Waals surface area contributed by atoms with Crippen molar-refractivity contribution >= 4 is 11.9 Å². The van der Waals surface area contributed by atoms with Crippen molar-refractivity contribution in [3.63, 3.8) is 0 Å². The van der Waals surface area contributed by atoms with Crippen LogP contribution in [0.5, 0.6) is 5.88 Å². The lowest BCUT2D eigenvalue weighted by molar-refractivity contribution is 0.0593. The molecule has 0 aliphatic carbocycles. The van der Waals surface area contributed by atoms with Gasteiger partial charge in [-0.05, 0) is 0 Å². The van der Waals surface area contributed by atoms with Crippen LogP contribution in [-0.4, -0.2) is 56.5 Å². The number of carbonyl (C=O) groups excluding carboxylic acids is 1. The van der Waals surface area contributed by atoms with E-state index in [-0.39, 0.29) is 5.69 Å². The third kappa shape index (κ3) is 2.67. The molecule has 98 valence electrons. The van der Waals surface area contributed by atoms with Crippen LogP contribution in [0.15, 0.2) is 6.07 Å². The largest absolute Gasteiger partial charge is 0.481 e. The van der Waals surface area contributed by atoms with E-state index in [1.807, 2.05) is 4.90 Å². The molecular formula is C11H15N3O4. The van der Waals surface area contributed by atoms with Crippen molar-refractivity contribution < 1.29 is 19.0 Å². The fourth-order valence-electron chi connectivity index (χ4n) is 1.63. The summed E-state index contributed by atoms with van der Waals surface area (Å²) in [6.45, 7) is 2.61. The number of anilines is 1. The first kappa shape index (κ1) is 12.6. The van der Waals surface area contributed by atoms with Gasteiger partial charge in [-0.15, -0.1) is 0 Å². The lowest BCUT2D eigenvalue weighted by Gasteiger charge is -2.27. The summed E-state index contributed by atoms with van der Waals surface area (Å²) >= 11 is 0. The van der Waals surface area contributed by atoms with Gasteiger partial charge in [0.2, 0.25) is 11.8 Å². The Hall–Kier alpha value is -1.89. The summed E-state index contributed by atoms with van der Waals surface area (Å²) < 4.78 is 15.0. The van der Waals surface area contributed by atoms with Gasteiger partial charge in [0.15, 0.2) is 5.69 Å². The quantitative estimate of drug-likeness (QED) is 0.708. The zero-order valence-electron chi connectivity index (χ0n) is 10.4. The highest BCUT2D eigenvalue weighted by molar-refractivity contribution is 5.87. The third-order valence-electron chi connectivity index (χ3n) is 2.59. The maximum Gasteiger partial charge on any atom is 0.357 e. The highest BCUT2D eigenvalue weighted by atomic mass is 16.5. The zero-order valence-corrected chi connectivity index (χ0v) is 10.4. The van der Waals surface area contributed by atoms with E-state index >= 15 is 0 Å². The summed E-state index contributed by atoms with van der Waals surface area (Å²) in [5.74, 6) is 0.287. The topological polar surface area (TPSA) is 73.8 Å². The lowest BCUT2D eigenvalue weighted by Crippen LogP contribution is -2.37. The molecule has 0 radical (unpaired) electrons. The standard InChI is InChI=1S/C11H15N3O4/c1-16-9-7-8(10(15)17-2)12-11(13-9)14-3-5-18-6-4-14/h7H,3-6H2,1-2H3. The normalized spacial score (nSPS) is 15.3. The fourth-order valence-corrected chi connectivity index (χ4v) is 1.63. The van der Waals surface area contributed by atoms with E-state index in [4.69, 9.17) is 9.47 Å². The van der Waals surface area contributed by atoms with Crippen LogP contribution < -0.4 is 9.64 Å². The average Bonchev–Trinajstić information content (AvgIpc) is 2.46. The number of hydrogen-bond acceptors (Lipinski definition) is 7. The molecule has 0 spiro atoms. The first-order chi connectivity index (χ1) is 8.74. The van der Waals surface area contributed by atoms with E-state index in [9.17, 15) is 4.79 Å². The predicted octanol–water partition coefficient (Wildman–Crippen LogP) is 0.108. The van der Waals surface area contributed by atoms with Gasteiger partial charge in [-0.1, -0.05) is 0 Å². The Morgan fingerprint density at radius 2 is 2.06 bits per heavy atom. The average molecular weight is 253 g/mol. The number of hydrogen-bond donors (Lipinski definition) is 0. The molecule has 0 bridgehead atoms. The Morgan fingerprint density at radius 1 is 1.33 bits per heavy atom. The van der Waals surface area contributed by atoms with Gasteiger partial charge in [0.05, 0.1) is 27.4 Å². The van der Waals surface area contributed by atoms with Crippen LogP contribution >= 0.6 is 0 Å². The second-order valence-electron chi connectivity index (χ2n) is 3.69. The molecule has 1 aromatic rings. The smallest absolute Gasteiger partial charge is 0.357 e. The van der Waals surface area contributed by atoms with E-state index in [2.05, 4.69) is 14.7 Å². The van der Waals surface area contributed by atoms with Gasteiger partial charge in [-0.3, -0.25) is 0 Å². The van der Waals surface area contributed by atoms with Gasteiger partial charge in [0.1, 0.15) is 0 Å². The number of ether oxygens (including phenoxy) is 3. The summed E-state index contributed by atoms with van der Waals surface area (Å²) in [7, 11) is 2.80. The molecule has 0 saturated carbocycles. The van der Waals surface area contributed by atoms with Gasteiger partial charge in [0.25, 0.3) is 0 Å². The summed E-state index contributed by atoms with van der Waals surface area (Å²) in [6.07, 6.45) is 0. The van der Waals surface area contributed by atoms with Crippen molar-refractivity contribution in [3.8, 4) is 5.88 Å². The second-order valence-corrected chi connectivity index (χ2v) is 3.69. The molecule has 1 fully saturated rings. The number of methoxy groups -OCH3 is 2. The fraction of sp³-hybridized carbons (Fsp3) is 0.545. The first-order valence-electron chi connectivity index (χ1n) is 5.58. The van der Waals surface area contributed by atoms with Crippen LogP contribution in [-0.2, 0) is 9.47 Å². The van der Waals surface area contributed by atoms with Gasteiger partial charge in [0, 0.05) is 19.2 Å². The van der Waals surface area contributed by atoms with E-state index < -0.39 is 5.97 Å².